The molecule has 1 aromatic rings. The maximum Gasteiger partial charge on any atom is 0.271 e. The van der Waals surface area contributed by atoms with Crippen molar-refractivity contribution in [1.82, 2.24) is 9.88 Å². The molecule has 0 aliphatic carbocycles. The van der Waals surface area contributed by atoms with Gasteiger partial charge in [0, 0.05) is 0 Å². The van der Waals surface area contributed by atoms with Crippen LogP contribution >= 0.6 is 11.6 Å². The first-order valence-electron chi connectivity index (χ1n) is 5.12. The molecule has 0 fully saturated rings. The number of nitrogens with one attached hydrogen (secondary N) is 1. The predicted octanol–water partition coefficient (Wildman–Crippen LogP) is 1.57. The number of hydrogen-bond acceptors (Lipinski definition) is 2. The van der Waals surface area contributed by atoms with Crippen LogP contribution in [0.5, 0.6) is 0 Å². The predicted molar refractivity (Wildman–Crippen MR) is 61.7 cm³/mol. The van der Waals surface area contributed by atoms with E-state index in [1.807, 2.05) is 20.8 Å². The normalized spacial score (nSPS) is 23.4. The van der Waals surface area contributed by atoms with Crippen molar-refractivity contribution < 1.29 is 4.79 Å². The van der Waals surface area contributed by atoms with Crippen LogP contribution in [-0.2, 0) is 5.66 Å². The molecule has 1 atom stereocenters. The molecule has 0 spiro atoms. The quantitative estimate of drug-likeness (QED) is 0.810. The highest BCUT2D eigenvalue weighted by Crippen LogP contribution is 2.28. The molecule has 0 aromatic carbocycles. The van der Waals surface area contributed by atoms with Crippen molar-refractivity contribution >= 4 is 17.5 Å². The van der Waals surface area contributed by atoms with Crippen molar-refractivity contribution in [3.05, 3.63) is 33.2 Å². The van der Waals surface area contributed by atoms with Gasteiger partial charge in [0.15, 0.2) is 0 Å². The highest BCUT2D eigenvalue weighted by molar-refractivity contribution is 6.30. The Morgan fingerprint density at radius 1 is 1.38 bits per heavy atom. The van der Waals surface area contributed by atoms with Gasteiger partial charge in [-0.1, -0.05) is 25.4 Å². The molecule has 2 heterocycles. The highest BCUT2D eigenvalue weighted by atomic mass is 35.5. The van der Waals surface area contributed by atoms with E-state index < -0.39 is 5.66 Å². The molecule has 1 N–H and O–H groups in total. The molecule has 1 amide bonds. The molecule has 0 bridgehead atoms. The largest absolute Gasteiger partial charge is 0.327 e. The summed E-state index contributed by atoms with van der Waals surface area (Å²) in [6, 6.07) is 3.04. The van der Waals surface area contributed by atoms with Crippen LogP contribution < -0.4 is 10.9 Å². The average Bonchev–Trinajstić information content (AvgIpc) is 2.46. The summed E-state index contributed by atoms with van der Waals surface area (Å²) in [4.78, 5) is 23.7. The monoisotopic (exact) mass is 240 g/mol. The summed E-state index contributed by atoms with van der Waals surface area (Å²) in [5.74, 6) is -0.140. The van der Waals surface area contributed by atoms with Gasteiger partial charge in [-0.25, -0.2) is 0 Å². The molecular formula is C11H13ClN2O2. The third-order valence-corrected chi connectivity index (χ3v) is 3.51. The van der Waals surface area contributed by atoms with Crippen LogP contribution in [0.3, 0.4) is 0 Å². The van der Waals surface area contributed by atoms with E-state index in [0.717, 1.165) is 0 Å². The van der Waals surface area contributed by atoms with Gasteiger partial charge in [-0.15, -0.1) is 0 Å². The molecule has 0 saturated carbocycles. The molecule has 1 aromatic heterocycles. The summed E-state index contributed by atoms with van der Waals surface area (Å²) >= 11 is 5.80. The molecule has 86 valence electrons. The van der Waals surface area contributed by atoms with Gasteiger partial charge in [-0.05, 0) is 25.0 Å². The Hall–Kier alpha value is -1.29. The van der Waals surface area contributed by atoms with Crippen LogP contribution in [-0.4, -0.2) is 10.5 Å². The van der Waals surface area contributed by atoms with Crippen molar-refractivity contribution in [2.24, 2.45) is 5.92 Å². The lowest BCUT2D eigenvalue weighted by Crippen LogP contribution is -2.48. The SMILES string of the molecule is CC(C)C1(C)NC(=O)c2ccc(Cl)c(=O)n21. The number of amides is 1. The molecule has 4 nitrogen and oxygen atoms in total. The van der Waals surface area contributed by atoms with Gasteiger partial charge in [-0.2, -0.15) is 0 Å². The summed E-state index contributed by atoms with van der Waals surface area (Å²) < 4.78 is 1.45. The van der Waals surface area contributed by atoms with Crippen molar-refractivity contribution in [2.45, 2.75) is 26.4 Å². The second-order valence-corrected chi connectivity index (χ2v) is 4.87. The van der Waals surface area contributed by atoms with Gasteiger partial charge < -0.3 is 5.32 Å². The number of hydrogen-bond donors (Lipinski definition) is 1. The molecule has 1 aliphatic rings. The van der Waals surface area contributed by atoms with E-state index in [4.69, 9.17) is 11.6 Å². The third kappa shape index (κ3) is 1.29. The van der Waals surface area contributed by atoms with Gasteiger partial charge in [-0.3, -0.25) is 14.2 Å². The zero-order valence-electron chi connectivity index (χ0n) is 9.37. The molecule has 2 rings (SSSR count). The van der Waals surface area contributed by atoms with Gasteiger partial charge in [0.1, 0.15) is 16.4 Å². The second kappa shape index (κ2) is 3.35. The molecular weight excluding hydrogens is 228 g/mol. The minimum Gasteiger partial charge on any atom is -0.327 e. The van der Waals surface area contributed by atoms with E-state index in [2.05, 4.69) is 5.32 Å². The van der Waals surface area contributed by atoms with E-state index in [9.17, 15) is 9.59 Å². The molecule has 5 heteroatoms. The molecule has 1 unspecified atom stereocenters. The molecule has 0 saturated heterocycles. The zero-order chi connectivity index (χ0) is 12.1. The fraction of sp³-hybridized carbons (Fsp3) is 0.455. The summed E-state index contributed by atoms with van der Waals surface area (Å²) in [5, 5.41) is 2.96. The number of pyridine rings is 1. The van der Waals surface area contributed by atoms with E-state index in [1.165, 1.54) is 10.6 Å². The standard InChI is InChI=1S/C11H13ClN2O2/c1-6(2)11(3)13-9(15)8-5-4-7(12)10(16)14(8)11/h4-6H,1-3H3,(H,13,15). The van der Waals surface area contributed by atoms with Crippen LogP contribution in [0.4, 0.5) is 0 Å². The Bertz CT molecular complexity index is 521. The Kier molecular flexibility index (Phi) is 2.35. The topological polar surface area (TPSA) is 51.1 Å². The Labute approximate surface area is 98.2 Å². The van der Waals surface area contributed by atoms with Crippen molar-refractivity contribution in [3.63, 3.8) is 0 Å². The van der Waals surface area contributed by atoms with Crippen molar-refractivity contribution in [3.8, 4) is 0 Å². The number of rotatable bonds is 1. The fourth-order valence-electron chi connectivity index (χ4n) is 1.90. The van der Waals surface area contributed by atoms with Crippen molar-refractivity contribution in [1.29, 1.82) is 0 Å². The van der Waals surface area contributed by atoms with Gasteiger partial charge in [0.25, 0.3) is 11.5 Å². The van der Waals surface area contributed by atoms with Crippen LogP contribution in [0.25, 0.3) is 0 Å². The fourth-order valence-corrected chi connectivity index (χ4v) is 2.05. The number of carbonyl (C=O) groups is 1. The Morgan fingerprint density at radius 2 is 2.00 bits per heavy atom. The van der Waals surface area contributed by atoms with Gasteiger partial charge >= 0.3 is 0 Å². The lowest BCUT2D eigenvalue weighted by atomic mass is 9.98. The Morgan fingerprint density at radius 3 is 2.56 bits per heavy atom. The number of halogens is 1. The number of nitrogens with zero attached hydrogens (tertiary/aromatic N) is 1. The molecule has 0 radical (unpaired) electrons. The van der Waals surface area contributed by atoms with Gasteiger partial charge in [0.05, 0.1) is 0 Å². The maximum absolute atomic E-state index is 12.0. The summed E-state index contributed by atoms with van der Waals surface area (Å²) in [5.41, 5.74) is -0.659. The van der Waals surface area contributed by atoms with E-state index in [0.29, 0.717) is 5.69 Å². The second-order valence-electron chi connectivity index (χ2n) is 4.46. The maximum atomic E-state index is 12.0. The minimum atomic E-state index is -0.700. The number of carbonyl (C=O) groups excluding carboxylic acids is 1. The summed E-state index contributed by atoms with van der Waals surface area (Å²) in [7, 11) is 0. The lowest BCUT2D eigenvalue weighted by molar-refractivity contribution is 0.0892. The first-order chi connectivity index (χ1) is 7.38. The first kappa shape index (κ1) is 11.2. The van der Waals surface area contributed by atoms with Crippen LogP contribution in [0, 0.1) is 5.92 Å². The smallest absolute Gasteiger partial charge is 0.271 e. The van der Waals surface area contributed by atoms with E-state index in [-0.39, 0.29) is 22.4 Å². The van der Waals surface area contributed by atoms with Gasteiger partial charge in [0.2, 0.25) is 0 Å². The Balaban J connectivity index is 2.79. The van der Waals surface area contributed by atoms with E-state index >= 15 is 0 Å². The first-order valence-corrected chi connectivity index (χ1v) is 5.50. The highest BCUT2D eigenvalue weighted by Gasteiger charge is 2.42. The van der Waals surface area contributed by atoms with Crippen LogP contribution in [0.1, 0.15) is 31.3 Å². The minimum absolute atomic E-state index is 0.0915. The lowest BCUT2D eigenvalue weighted by Gasteiger charge is -2.31. The molecule has 16 heavy (non-hydrogen) atoms. The van der Waals surface area contributed by atoms with Crippen LogP contribution in [0.15, 0.2) is 16.9 Å². The summed E-state index contributed by atoms with van der Waals surface area (Å²) in [6.45, 7) is 5.72. The third-order valence-electron chi connectivity index (χ3n) is 3.22. The van der Waals surface area contributed by atoms with E-state index in [1.54, 1.807) is 6.07 Å². The zero-order valence-corrected chi connectivity index (χ0v) is 10.1. The van der Waals surface area contributed by atoms with Crippen molar-refractivity contribution in [2.75, 3.05) is 0 Å². The number of aromatic nitrogens is 1. The average molecular weight is 241 g/mol. The number of fused-ring (bicyclic) bond motifs is 1. The summed E-state index contributed by atoms with van der Waals surface area (Å²) in [6.07, 6.45) is 0. The molecule has 1 aliphatic heterocycles. The van der Waals surface area contributed by atoms with Crippen LogP contribution in [0.2, 0.25) is 5.02 Å².